The van der Waals surface area contributed by atoms with E-state index in [9.17, 15) is 4.79 Å². The van der Waals surface area contributed by atoms with E-state index >= 15 is 0 Å². The molecule has 0 aliphatic heterocycles. The molecule has 0 bridgehead atoms. The molecule has 0 radical (unpaired) electrons. The highest BCUT2D eigenvalue weighted by Crippen LogP contribution is 2.14. The maximum atomic E-state index is 10.9. The maximum Gasteiger partial charge on any atom is 0.159 e. The highest BCUT2D eigenvalue weighted by molar-refractivity contribution is 5.93. The highest BCUT2D eigenvalue weighted by atomic mass is 16.3. The molecule has 0 atom stereocenters. The van der Waals surface area contributed by atoms with Gasteiger partial charge in [-0.1, -0.05) is 13.8 Å². The summed E-state index contributed by atoms with van der Waals surface area (Å²) >= 11 is 0. The Balaban J connectivity index is 4.39. The molecule has 2 heteroatoms. The number of carbonyl (C=O) groups excluding carboxylic acids is 1. The van der Waals surface area contributed by atoms with Crippen molar-refractivity contribution >= 4 is 5.78 Å². The number of hydrogen-bond donors (Lipinski definition) is 1. The third-order valence-corrected chi connectivity index (χ3v) is 1.47. The van der Waals surface area contributed by atoms with Crippen LogP contribution in [0.25, 0.3) is 0 Å². The predicted molar refractivity (Wildman–Crippen MR) is 45.5 cm³/mol. The van der Waals surface area contributed by atoms with Crippen LogP contribution >= 0.6 is 0 Å². The minimum atomic E-state index is -0.0290. The number of carbonyl (C=O) groups is 1. The highest BCUT2D eigenvalue weighted by Gasteiger charge is 2.09. The molecule has 0 saturated carbocycles. The van der Waals surface area contributed by atoms with E-state index in [1.54, 1.807) is 6.92 Å². The molecule has 1 N–H and O–H groups in total. The summed E-state index contributed by atoms with van der Waals surface area (Å²) in [7, 11) is 0. The van der Waals surface area contributed by atoms with Crippen molar-refractivity contribution in [1.29, 1.82) is 0 Å². The van der Waals surface area contributed by atoms with E-state index in [0.29, 0.717) is 17.9 Å². The summed E-state index contributed by atoms with van der Waals surface area (Å²) in [6, 6.07) is 0. The average molecular weight is 156 g/mol. The molecule has 0 heterocycles. The van der Waals surface area contributed by atoms with Crippen LogP contribution in [0, 0.1) is 5.92 Å². The Morgan fingerprint density at radius 1 is 1.36 bits per heavy atom. The van der Waals surface area contributed by atoms with Crippen LogP contribution in [0.1, 0.15) is 34.1 Å². The lowest BCUT2D eigenvalue weighted by atomic mass is 9.99. The fourth-order valence-corrected chi connectivity index (χ4v) is 0.954. The maximum absolute atomic E-state index is 10.9. The Labute approximate surface area is 67.9 Å². The zero-order valence-corrected chi connectivity index (χ0v) is 7.64. The van der Waals surface area contributed by atoms with Crippen LogP contribution in [0.2, 0.25) is 0 Å². The van der Waals surface area contributed by atoms with Crippen molar-refractivity contribution in [2.45, 2.75) is 34.1 Å². The molecule has 0 aliphatic carbocycles. The smallest absolute Gasteiger partial charge is 0.159 e. The number of allylic oxidation sites excluding steroid dienone is 2. The standard InChI is InChI=1S/C9H16O2/c1-6(2)5-9(7(3)10)8(4)11/h6,10H,5H2,1-4H3/b9-7-. The summed E-state index contributed by atoms with van der Waals surface area (Å²) in [4.78, 5) is 10.9. The van der Waals surface area contributed by atoms with Crippen molar-refractivity contribution in [3.8, 4) is 0 Å². The Morgan fingerprint density at radius 3 is 1.91 bits per heavy atom. The first-order chi connectivity index (χ1) is 4.95. The Kier molecular flexibility index (Phi) is 3.86. The number of aliphatic hydroxyl groups excluding tert-OH is 1. The molecule has 2 nitrogen and oxygen atoms in total. The van der Waals surface area contributed by atoms with Crippen molar-refractivity contribution < 1.29 is 9.90 Å². The molecule has 0 rings (SSSR count). The minimum Gasteiger partial charge on any atom is -0.512 e. The van der Waals surface area contributed by atoms with Crippen LogP contribution in [0.4, 0.5) is 0 Å². The first-order valence-corrected chi connectivity index (χ1v) is 3.84. The van der Waals surface area contributed by atoms with Crippen LogP contribution < -0.4 is 0 Å². The average Bonchev–Trinajstić information content (AvgIpc) is 1.81. The summed E-state index contributed by atoms with van der Waals surface area (Å²) in [5.74, 6) is 0.543. The molecule has 0 spiro atoms. The number of hydrogen-bond acceptors (Lipinski definition) is 2. The SMILES string of the molecule is CC(=O)/C(CC(C)C)=C(/C)O. The van der Waals surface area contributed by atoms with Crippen LogP contribution in [-0.2, 0) is 4.79 Å². The second kappa shape index (κ2) is 4.16. The second-order valence-corrected chi connectivity index (χ2v) is 3.22. The van der Waals surface area contributed by atoms with Crippen molar-refractivity contribution in [1.82, 2.24) is 0 Å². The zero-order chi connectivity index (χ0) is 9.02. The van der Waals surface area contributed by atoms with Crippen LogP contribution in [-0.4, -0.2) is 10.9 Å². The Morgan fingerprint density at radius 2 is 1.82 bits per heavy atom. The van der Waals surface area contributed by atoms with Gasteiger partial charge in [-0.25, -0.2) is 0 Å². The molecule has 11 heavy (non-hydrogen) atoms. The molecule has 0 amide bonds. The van der Waals surface area contributed by atoms with E-state index in [-0.39, 0.29) is 11.5 Å². The monoisotopic (exact) mass is 156 g/mol. The summed E-state index contributed by atoms with van der Waals surface area (Å²) in [5.41, 5.74) is 0.556. The quantitative estimate of drug-likeness (QED) is 0.503. The third-order valence-electron chi connectivity index (χ3n) is 1.47. The van der Waals surface area contributed by atoms with Crippen LogP contribution in [0.15, 0.2) is 11.3 Å². The fourth-order valence-electron chi connectivity index (χ4n) is 0.954. The van der Waals surface area contributed by atoms with E-state index in [0.717, 1.165) is 0 Å². The van der Waals surface area contributed by atoms with E-state index in [4.69, 9.17) is 5.11 Å². The van der Waals surface area contributed by atoms with E-state index in [1.807, 2.05) is 13.8 Å². The van der Waals surface area contributed by atoms with Gasteiger partial charge in [-0.3, -0.25) is 4.79 Å². The van der Waals surface area contributed by atoms with E-state index in [2.05, 4.69) is 0 Å². The lowest BCUT2D eigenvalue weighted by Gasteiger charge is -2.07. The van der Waals surface area contributed by atoms with Gasteiger partial charge in [0, 0.05) is 5.57 Å². The third kappa shape index (κ3) is 3.81. The summed E-state index contributed by atoms with van der Waals surface area (Å²) in [6.45, 7) is 7.08. The number of aliphatic hydroxyl groups is 1. The van der Waals surface area contributed by atoms with Crippen molar-refractivity contribution in [2.75, 3.05) is 0 Å². The van der Waals surface area contributed by atoms with Gasteiger partial charge in [0.25, 0.3) is 0 Å². The molecular weight excluding hydrogens is 140 g/mol. The molecule has 0 unspecified atom stereocenters. The van der Waals surface area contributed by atoms with Gasteiger partial charge in [0.05, 0.1) is 5.76 Å². The minimum absolute atomic E-state index is 0.0290. The largest absolute Gasteiger partial charge is 0.512 e. The van der Waals surface area contributed by atoms with Crippen LogP contribution in [0.3, 0.4) is 0 Å². The summed E-state index contributed by atoms with van der Waals surface area (Å²) < 4.78 is 0. The molecule has 0 fully saturated rings. The Hall–Kier alpha value is -0.790. The summed E-state index contributed by atoms with van der Waals surface area (Å²) in [6.07, 6.45) is 0.664. The van der Waals surface area contributed by atoms with Gasteiger partial charge in [-0.05, 0) is 26.2 Å². The normalized spacial score (nSPS) is 13.2. The van der Waals surface area contributed by atoms with E-state index < -0.39 is 0 Å². The van der Waals surface area contributed by atoms with Gasteiger partial charge in [0.15, 0.2) is 5.78 Å². The zero-order valence-electron chi connectivity index (χ0n) is 7.64. The fraction of sp³-hybridized carbons (Fsp3) is 0.667. The van der Waals surface area contributed by atoms with Gasteiger partial charge in [0.2, 0.25) is 0 Å². The first-order valence-electron chi connectivity index (χ1n) is 3.84. The molecule has 0 saturated heterocycles. The number of Topliss-reactive ketones (excluding diaryl/α,β-unsaturated/α-hetero) is 1. The second-order valence-electron chi connectivity index (χ2n) is 3.22. The van der Waals surface area contributed by atoms with Gasteiger partial charge in [0.1, 0.15) is 0 Å². The van der Waals surface area contributed by atoms with Gasteiger partial charge >= 0.3 is 0 Å². The van der Waals surface area contributed by atoms with Crippen LogP contribution in [0.5, 0.6) is 0 Å². The molecule has 0 aromatic heterocycles. The molecule has 0 aliphatic rings. The molecular formula is C9H16O2. The van der Waals surface area contributed by atoms with Crippen molar-refractivity contribution in [3.63, 3.8) is 0 Å². The van der Waals surface area contributed by atoms with Gasteiger partial charge < -0.3 is 5.11 Å². The number of ketones is 1. The molecule has 64 valence electrons. The number of rotatable bonds is 3. The first kappa shape index (κ1) is 10.2. The van der Waals surface area contributed by atoms with Crippen molar-refractivity contribution in [3.05, 3.63) is 11.3 Å². The lowest BCUT2D eigenvalue weighted by Crippen LogP contribution is -2.03. The van der Waals surface area contributed by atoms with E-state index in [1.165, 1.54) is 6.92 Å². The summed E-state index contributed by atoms with van der Waals surface area (Å²) in [5, 5.41) is 9.09. The topological polar surface area (TPSA) is 37.3 Å². The van der Waals surface area contributed by atoms with Crippen molar-refractivity contribution in [2.24, 2.45) is 5.92 Å². The molecule has 0 aromatic rings. The Bertz CT molecular complexity index is 174. The van der Waals surface area contributed by atoms with Gasteiger partial charge in [-0.15, -0.1) is 0 Å². The van der Waals surface area contributed by atoms with Gasteiger partial charge in [-0.2, -0.15) is 0 Å². The molecule has 0 aromatic carbocycles. The predicted octanol–water partition coefficient (Wildman–Crippen LogP) is 2.45. The lowest BCUT2D eigenvalue weighted by molar-refractivity contribution is -0.114.